The van der Waals surface area contributed by atoms with E-state index in [9.17, 15) is 8.78 Å². The summed E-state index contributed by atoms with van der Waals surface area (Å²) >= 11 is 8.53. The molecule has 0 spiro atoms. The molecule has 0 saturated heterocycles. The molecular weight excluding hydrogens is 265 g/mol. The molecule has 13 heavy (non-hydrogen) atoms. The first-order chi connectivity index (χ1) is 6.07. The molecule has 1 aromatic heterocycles. The van der Waals surface area contributed by atoms with Gasteiger partial charge in [-0.1, -0.05) is 11.6 Å². The number of hydrogen-bond donors (Lipinski definition) is 1. The summed E-state index contributed by atoms with van der Waals surface area (Å²) in [7, 11) is 0. The second-order valence-electron chi connectivity index (χ2n) is 2.29. The van der Waals surface area contributed by atoms with Gasteiger partial charge in [-0.3, -0.25) is 4.98 Å². The molecule has 0 aliphatic rings. The molecule has 0 aliphatic heterocycles. The molecule has 2 N–H and O–H groups in total. The Morgan fingerprint density at radius 2 is 2.23 bits per heavy atom. The van der Waals surface area contributed by atoms with Crippen molar-refractivity contribution in [2.45, 2.75) is 13.0 Å². The molecule has 0 aliphatic carbocycles. The van der Waals surface area contributed by atoms with Gasteiger partial charge in [0.15, 0.2) is 0 Å². The van der Waals surface area contributed by atoms with E-state index in [0.29, 0.717) is 5.69 Å². The van der Waals surface area contributed by atoms with Gasteiger partial charge in [0, 0.05) is 12.7 Å². The standard InChI is InChI=1S/C7H6BrClF2N2/c8-6-4(1-12)13-2-3(9)5(6)7(10)11/h2,7H,1,12H2. The van der Waals surface area contributed by atoms with Crippen LogP contribution in [0.15, 0.2) is 10.7 Å². The minimum Gasteiger partial charge on any atom is -0.325 e. The number of pyridine rings is 1. The highest BCUT2D eigenvalue weighted by molar-refractivity contribution is 9.10. The summed E-state index contributed by atoms with van der Waals surface area (Å²) in [4.78, 5) is 3.80. The van der Waals surface area contributed by atoms with E-state index in [4.69, 9.17) is 17.3 Å². The van der Waals surface area contributed by atoms with E-state index in [2.05, 4.69) is 20.9 Å². The first kappa shape index (κ1) is 10.8. The average molecular weight is 271 g/mol. The number of alkyl halides is 2. The number of nitrogens with two attached hydrogens (primary N) is 1. The normalized spacial score (nSPS) is 10.9. The number of nitrogens with zero attached hydrogens (tertiary/aromatic N) is 1. The first-order valence-corrected chi connectivity index (χ1v) is 4.56. The zero-order valence-electron chi connectivity index (χ0n) is 6.40. The molecule has 6 heteroatoms. The van der Waals surface area contributed by atoms with E-state index in [1.54, 1.807) is 0 Å². The minimum atomic E-state index is -2.63. The molecule has 2 nitrogen and oxygen atoms in total. The maximum atomic E-state index is 12.4. The highest BCUT2D eigenvalue weighted by Crippen LogP contribution is 2.34. The lowest BCUT2D eigenvalue weighted by Crippen LogP contribution is -2.03. The van der Waals surface area contributed by atoms with Gasteiger partial charge < -0.3 is 5.73 Å². The van der Waals surface area contributed by atoms with Crippen molar-refractivity contribution in [3.05, 3.63) is 26.9 Å². The van der Waals surface area contributed by atoms with Crippen LogP contribution in [-0.4, -0.2) is 4.98 Å². The van der Waals surface area contributed by atoms with Crippen molar-refractivity contribution >= 4 is 27.5 Å². The molecule has 0 bridgehead atoms. The van der Waals surface area contributed by atoms with Crippen molar-refractivity contribution in [3.8, 4) is 0 Å². The lowest BCUT2D eigenvalue weighted by molar-refractivity contribution is 0.150. The molecule has 0 aromatic carbocycles. The van der Waals surface area contributed by atoms with Crippen molar-refractivity contribution in [1.29, 1.82) is 0 Å². The maximum absolute atomic E-state index is 12.4. The Hall–Kier alpha value is -0.260. The molecule has 1 rings (SSSR count). The highest BCUT2D eigenvalue weighted by Gasteiger charge is 2.18. The van der Waals surface area contributed by atoms with E-state index < -0.39 is 6.43 Å². The van der Waals surface area contributed by atoms with Gasteiger partial charge in [0.1, 0.15) is 0 Å². The van der Waals surface area contributed by atoms with Crippen LogP contribution in [0.1, 0.15) is 17.7 Å². The molecule has 0 amide bonds. The fraction of sp³-hybridized carbons (Fsp3) is 0.286. The van der Waals surface area contributed by atoms with E-state index in [1.165, 1.54) is 6.20 Å². The minimum absolute atomic E-state index is 0.0564. The van der Waals surface area contributed by atoms with Crippen LogP contribution >= 0.6 is 27.5 Å². The van der Waals surface area contributed by atoms with Crippen molar-refractivity contribution in [2.24, 2.45) is 5.73 Å². The predicted octanol–water partition coefficient (Wildman–Crippen LogP) is 2.89. The second-order valence-corrected chi connectivity index (χ2v) is 3.49. The fourth-order valence-corrected chi connectivity index (χ4v) is 1.85. The summed E-state index contributed by atoms with van der Waals surface area (Å²) in [6.45, 7) is 0.0947. The third-order valence-electron chi connectivity index (χ3n) is 1.49. The summed E-state index contributed by atoms with van der Waals surface area (Å²) in [5, 5.41) is -0.0564. The Morgan fingerprint density at radius 3 is 2.69 bits per heavy atom. The van der Waals surface area contributed by atoms with Crippen LogP contribution in [0.5, 0.6) is 0 Å². The topological polar surface area (TPSA) is 38.9 Å². The van der Waals surface area contributed by atoms with Crippen molar-refractivity contribution in [1.82, 2.24) is 4.98 Å². The monoisotopic (exact) mass is 270 g/mol. The Balaban J connectivity index is 3.30. The third-order valence-corrected chi connectivity index (χ3v) is 2.68. The molecule has 0 saturated carbocycles. The summed E-state index contributed by atoms with van der Waals surface area (Å²) in [5.74, 6) is 0. The van der Waals surface area contributed by atoms with Crippen LogP contribution in [0.4, 0.5) is 8.78 Å². The average Bonchev–Trinajstić information content (AvgIpc) is 2.04. The Morgan fingerprint density at radius 1 is 1.62 bits per heavy atom. The fourth-order valence-electron chi connectivity index (χ4n) is 0.863. The highest BCUT2D eigenvalue weighted by atomic mass is 79.9. The third kappa shape index (κ3) is 2.15. The molecular formula is C7H6BrClF2N2. The quantitative estimate of drug-likeness (QED) is 0.898. The van der Waals surface area contributed by atoms with Crippen LogP contribution < -0.4 is 5.73 Å². The maximum Gasteiger partial charge on any atom is 0.266 e. The molecule has 72 valence electrons. The molecule has 0 radical (unpaired) electrons. The predicted molar refractivity (Wildman–Crippen MR) is 49.8 cm³/mol. The summed E-state index contributed by atoms with van der Waals surface area (Å²) in [6.07, 6.45) is -1.45. The molecule has 1 heterocycles. The zero-order valence-corrected chi connectivity index (χ0v) is 8.74. The van der Waals surface area contributed by atoms with E-state index in [-0.39, 0.29) is 21.6 Å². The largest absolute Gasteiger partial charge is 0.325 e. The summed E-state index contributed by atoms with van der Waals surface area (Å²) in [5.41, 5.74) is 5.41. The lowest BCUT2D eigenvalue weighted by atomic mass is 10.2. The Bertz CT molecular complexity index is 320. The molecule has 1 aromatic rings. The molecule has 0 atom stereocenters. The number of hydrogen-bond acceptors (Lipinski definition) is 2. The van der Waals surface area contributed by atoms with Crippen LogP contribution in [0.3, 0.4) is 0 Å². The smallest absolute Gasteiger partial charge is 0.266 e. The van der Waals surface area contributed by atoms with Gasteiger partial charge in [0.25, 0.3) is 6.43 Å². The van der Waals surface area contributed by atoms with Gasteiger partial charge in [0.05, 0.1) is 20.8 Å². The van der Waals surface area contributed by atoms with Crippen molar-refractivity contribution in [2.75, 3.05) is 0 Å². The van der Waals surface area contributed by atoms with Gasteiger partial charge in [-0.2, -0.15) is 0 Å². The second kappa shape index (κ2) is 4.30. The van der Waals surface area contributed by atoms with Crippen LogP contribution in [0, 0.1) is 0 Å². The lowest BCUT2D eigenvalue weighted by Gasteiger charge is -2.08. The Kier molecular flexibility index (Phi) is 3.58. The van der Waals surface area contributed by atoms with Gasteiger partial charge in [-0.15, -0.1) is 0 Å². The van der Waals surface area contributed by atoms with E-state index in [1.807, 2.05) is 0 Å². The van der Waals surface area contributed by atoms with Gasteiger partial charge in [-0.25, -0.2) is 8.78 Å². The van der Waals surface area contributed by atoms with Gasteiger partial charge in [-0.05, 0) is 15.9 Å². The number of rotatable bonds is 2. The first-order valence-electron chi connectivity index (χ1n) is 3.39. The molecule has 0 unspecified atom stereocenters. The van der Waals surface area contributed by atoms with Crippen LogP contribution in [0.25, 0.3) is 0 Å². The van der Waals surface area contributed by atoms with Gasteiger partial charge >= 0.3 is 0 Å². The van der Waals surface area contributed by atoms with Crippen molar-refractivity contribution < 1.29 is 8.78 Å². The SMILES string of the molecule is NCc1ncc(Cl)c(C(F)F)c1Br. The van der Waals surface area contributed by atoms with Crippen molar-refractivity contribution in [3.63, 3.8) is 0 Å². The molecule has 0 fully saturated rings. The van der Waals surface area contributed by atoms with Crippen LogP contribution in [0.2, 0.25) is 5.02 Å². The zero-order chi connectivity index (χ0) is 10.0. The van der Waals surface area contributed by atoms with E-state index in [0.717, 1.165) is 0 Å². The number of aromatic nitrogens is 1. The summed E-state index contributed by atoms with van der Waals surface area (Å²) < 4.78 is 25.0. The summed E-state index contributed by atoms with van der Waals surface area (Å²) in [6, 6.07) is 0. The van der Waals surface area contributed by atoms with Gasteiger partial charge in [0.2, 0.25) is 0 Å². The van der Waals surface area contributed by atoms with Crippen LogP contribution in [-0.2, 0) is 6.54 Å². The Labute approximate surface area is 87.2 Å². The van der Waals surface area contributed by atoms with E-state index >= 15 is 0 Å². The number of halogens is 4.